The van der Waals surface area contributed by atoms with Gasteiger partial charge in [0.1, 0.15) is 11.5 Å². The topological polar surface area (TPSA) is 57.9 Å². The summed E-state index contributed by atoms with van der Waals surface area (Å²) in [7, 11) is 2.12. The van der Waals surface area contributed by atoms with E-state index in [4.69, 9.17) is 9.15 Å². The van der Waals surface area contributed by atoms with Crippen LogP contribution in [-0.2, 0) is 17.9 Å². The fourth-order valence-electron chi connectivity index (χ4n) is 3.94. The van der Waals surface area contributed by atoms with Crippen LogP contribution in [-0.4, -0.2) is 42.4 Å². The third-order valence-corrected chi connectivity index (χ3v) is 5.53. The fraction of sp³-hybridized carbons (Fsp3) is 0.565. The number of aryl methyl sites for hydroxylation is 1. The Bertz CT molecular complexity index is 709. The summed E-state index contributed by atoms with van der Waals surface area (Å²) in [5, 5.41) is 13.8. The highest BCUT2D eigenvalue weighted by Gasteiger charge is 2.20. The molecular weight excluding hydrogens is 352 g/mol. The lowest BCUT2D eigenvalue weighted by molar-refractivity contribution is 0.00501. The molecule has 1 unspecified atom stereocenters. The lowest BCUT2D eigenvalue weighted by Gasteiger charge is -2.32. The molecule has 1 aliphatic rings. The van der Waals surface area contributed by atoms with E-state index in [-0.39, 0.29) is 0 Å². The predicted octanol–water partition coefficient (Wildman–Crippen LogP) is 4.34. The van der Waals surface area contributed by atoms with E-state index in [1.54, 1.807) is 0 Å². The van der Waals surface area contributed by atoms with Gasteiger partial charge in [-0.25, -0.2) is 0 Å². The summed E-state index contributed by atoms with van der Waals surface area (Å²) in [4.78, 5) is 2.30. The third kappa shape index (κ3) is 6.36. The average Bonchev–Trinajstić information content (AvgIpc) is 3.13. The summed E-state index contributed by atoms with van der Waals surface area (Å²) >= 11 is 0. The highest BCUT2D eigenvalue weighted by Crippen LogP contribution is 2.22. The molecule has 1 heterocycles. The van der Waals surface area contributed by atoms with Gasteiger partial charge >= 0.3 is 0 Å². The number of aliphatic hydroxyl groups is 1. The van der Waals surface area contributed by atoms with Gasteiger partial charge in [-0.05, 0) is 45.0 Å². The van der Waals surface area contributed by atoms with Crippen molar-refractivity contribution in [1.82, 2.24) is 4.90 Å². The summed E-state index contributed by atoms with van der Waals surface area (Å²) in [6.07, 6.45) is 6.00. The second-order valence-electron chi connectivity index (χ2n) is 7.92. The van der Waals surface area contributed by atoms with Crippen molar-refractivity contribution < 1.29 is 14.3 Å². The molecule has 0 spiro atoms. The summed E-state index contributed by atoms with van der Waals surface area (Å²) in [5.74, 6) is 1.83. The molecule has 0 saturated heterocycles. The normalized spacial score (nSPS) is 16.4. The SMILES string of the molecule is Cc1ccc(CNc2ccccc2COCC(O)CN(C)C2CCCCC2)o1. The van der Waals surface area contributed by atoms with E-state index >= 15 is 0 Å². The van der Waals surface area contributed by atoms with Gasteiger partial charge in [0, 0.05) is 23.8 Å². The molecule has 1 aromatic heterocycles. The molecule has 5 heteroatoms. The maximum atomic E-state index is 10.4. The Morgan fingerprint density at radius 1 is 1.18 bits per heavy atom. The Balaban J connectivity index is 1.42. The summed E-state index contributed by atoms with van der Waals surface area (Å²) < 4.78 is 11.4. The Morgan fingerprint density at radius 2 is 1.96 bits per heavy atom. The third-order valence-electron chi connectivity index (χ3n) is 5.53. The minimum absolute atomic E-state index is 0.350. The van der Waals surface area contributed by atoms with Crippen LogP contribution in [0.5, 0.6) is 0 Å². The van der Waals surface area contributed by atoms with Gasteiger partial charge in [-0.3, -0.25) is 0 Å². The molecule has 0 bridgehead atoms. The van der Waals surface area contributed by atoms with Crippen LogP contribution in [0.2, 0.25) is 0 Å². The number of nitrogens with one attached hydrogen (secondary N) is 1. The van der Waals surface area contributed by atoms with E-state index in [1.165, 1.54) is 32.1 Å². The molecular formula is C23H34N2O3. The van der Waals surface area contributed by atoms with Gasteiger partial charge in [0.15, 0.2) is 0 Å². The molecule has 2 N–H and O–H groups in total. The van der Waals surface area contributed by atoms with Crippen molar-refractivity contribution >= 4 is 5.69 Å². The minimum atomic E-state index is -0.460. The zero-order chi connectivity index (χ0) is 19.8. The van der Waals surface area contributed by atoms with Crippen LogP contribution in [0.15, 0.2) is 40.8 Å². The van der Waals surface area contributed by atoms with E-state index in [0.29, 0.717) is 32.3 Å². The number of benzene rings is 1. The number of aliphatic hydroxyl groups excluding tert-OH is 1. The van der Waals surface area contributed by atoms with E-state index in [1.807, 2.05) is 37.3 Å². The van der Waals surface area contributed by atoms with E-state index in [0.717, 1.165) is 22.8 Å². The van der Waals surface area contributed by atoms with Gasteiger partial charge in [-0.15, -0.1) is 0 Å². The Labute approximate surface area is 168 Å². The zero-order valence-electron chi connectivity index (χ0n) is 17.2. The van der Waals surface area contributed by atoms with Crippen LogP contribution in [0.1, 0.15) is 49.2 Å². The van der Waals surface area contributed by atoms with E-state index in [2.05, 4.69) is 23.3 Å². The molecule has 154 valence electrons. The number of ether oxygens (including phenoxy) is 1. The number of anilines is 1. The molecule has 3 rings (SSSR count). The monoisotopic (exact) mass is 386 g/mol. The molecule has 1 fully saturated rings. The highest BCUT2D eigenvalue weighted by atomic mass is 16.5. The molecule has 0 radical (unpaired) electrons. The van der Waals surface area contributed by atoms with Crippen molar-refractivity contribution in [3.63, 3.8) is 0 Å². The molecule has 1 aliphatic carbocycles. The number of para-hydroxylation sites is 1. The Morgan fingerprint density at radius 3 is 2.71 bits per heavy atom. The quantitative estimate of drug-likeness (QED) is 0.636. The van der Waals surface area contributed by atoms with E-state index in [9.17, 15) is 5.11 Å². The lowest BCUT2D eigenvalue weighted by atomic mass is 9.94. The molecule has 1 aromatic carbocycles. The lowest BCUT2D eigenvalue weighted by Crippen LogP contribution is -2.40. The maximum absolute atomic E-state index is 10.4. The molecule has 2 aromatic rings. The van der Waals surface area contributed by atoms with Crippen molar-refractivity contribution in [3.05, 3.63) is 53.5 Å². The predicted molar refractivity (Wildman–Crippen MR) is 112 cm³/mol. The highest BCUT2D eigenvalue weighted by molar-refractivity contribution is 5.50. The first kappa shape index (κ1) is 20.9. The zero-order valence-corrected chi connectivity index (χ0v) is 17.2. The molecule has 0 aliphatic heterocycles. The summed E-state index contributed by atoms with van der Waals surface area (Å²) in [6.45, 7) is 4.08. The number of hydrogen-bond donors (Lipinski definition) is 2. The first-order chi connectivity index (χ1) is 13.6. The molecule has 5 nitrogen and oxygen atoms in total. The Kier molecular flexibility index (Phi) is 7.95. The van der Waals surface area contributed by atoms with Crippen LogP contribution in [0, 0.1) is 6.92 Å². The van der Waals surface area contributed by atoms with Crippen LogP contribution < -0.4 is 5.32 Å². The molecule has 1 atom stereocenters. The van der Waals surface area contributed by atoms with Crippen LogP contribution in [0.4, 0.5) is 5.69 Å². The number of hydrogen-bond acceptors (Lipinski definition) is 5. The summed E-state index contributed by atoms with van der Waals surface area (Å²) in [6, 6.07) is 12.7. The van der Waals surface area contributed by atoms with E-state index < -0.39 is 6.10 Å². The maximum Gasteiger partial charge on any atom is 0.123 e. The molecule has 28 heavy (non-hydrogen) atoms. The second kappa shape index (κ2) is 10.6. The van der Waals surface area contributed by atoms with Gasteiger partial charge in [0.05, 0.1) is 25.9 Å². The van der Waals surface area contributed by atoms with Crippen LogP contribution >= 0.6 is 0 Å². The minimum Gasteiger partial charge on any atom is -0.465 e. The van der Waals surface area contributed by atoms with Crippen LogP contribution in [0.25, 0.3) is 0 Å². The van der Waals surface area contributed by atoms with Crippen molar-refractivity contribution in [2.75, 3.05) is 25.5 Å². The molecule has 1 saturated carbocycles. The van der Waals surface area contributed by atoms with Crippen LogP contribution in [0.3, 0.4) is 0 Å². The smallest absolute Gasteiger partial charge is 0.123 e. The largest absolute Gasteiger partial charge is 0.465 e. The van der Waals surface area contributed by atoms with Crippen molar-refractivity contribution in [1.29, 1.82) is 0 Å². The van der Waals surface area contributed by atoms with Gasteiger partial charge in [-0.2, -0.15) is 0 Å². The van der Waals surface area contributed by atoms with Gasteiger partial charge in [0.2, 0.25) is 0 Å². The number of likely N-dealkylation sites (N-methyl/N-ethyl adjacent to an activating group) is 1. The summed E-state index contributed by atoms with van der Waals surface area (Å²) in [5.41, 5.74) is 2.11. The van der Waals surface area contributed by atoms with Crippen molar-refractivity contribution in [3.8, 4) is 0 Å². The first-order valence-electron chi connectivity index (χ1n) is 10.4. The standard InChI is InChI=1S/C23H34N2O3/c1-18-12-13-22(28-18)14-24-23-11-7-6-8-19(23)16-27-17-21(26)15-25(2)20-9-4-3-5-10-20/h6-8,11-13,20-21,24,26H,3-5,9-10,14-17H2,1-2H3. The van der Waals surface area contributed by atoms with Crippen molar-refractivity contribution in [2.45, 2.75) is 64.3 Å². The second-order valence-corrected chi connectivity index (χ2v) is 7.92. The van der Waals surface area contributed by atoms with Gasteiger partial charge < -0.3 is 24.5 Å². The molecule has 0 amide bonds. The number of nitrogens with zero attached hydrogens (tertiary/aromatic N) is 1. The van der Waals surface area contributed by atoms with Gasteiger partial charge in [0.25, 0.3) is 0 Å². The Hall–Kier alpha value is -1.82. The average molecular weight is 387 g/mol. The first-order valence-corrected chi connectivity index (χ1v) is 10.4. The van der Waals surface area contributed by atoms with Gasteiger partial charge in [-0.1, -0.05) is 37.5 Å². The number of furan rings is 1. The number of rotatable bonds is 10. The fourth-order valence-corrected chi connectivity index (χ4v) is 3.94. The van der Waals surface area contributed by atoms with Crippen molar-refractivity contribution in [2.24, 2.45) is 0 Å².